The number of amides is 1. The third-order valence-electron chi connectivity index (χ3n) is 5.23. The average Bonchev–Trinajstić information content (AvgIpc) is 3.29. The average molecular weight is 370 g/mol. The predicted octanol–water partition coefficient (Wildman–Crippen LogP) is 2.97. The summed E-state index contributed by atoms with van der Waals surface area (Å²) in [5.74, 6) is 1.64. The van der Waals surface area contributed by atoms with Crippen LogP contribution in [0.1, 0.15) is 54.5 Å². The Balaban J connectivity index is 1.49. The molecule has 0 N–H and O–H groups in total. The summed E-state index contributed by atoms with van der Waals surface area (Å²) >= 11 is 0. The van der Waals surface area contributed by atoms with Crippen molar-refractivity contribution in [1.82, 2.24) is 15.0 Å². The zero-order valence-corrected chi connectivity index (χ0v) is 16.1. The zero-order valence-electron chi connectivity index (χ0n) is 16.1. The van der Waals surface area contributed by atoms with Crippen molar-refractivity contribution in [2.75, 3.05) is 24.5 Å². The van der Waals surface area contributed by atoms with Crippen molar-refractivity contribution in [1.29, 1.82) is 0 Å². The van der Waals surface area contributed by atoms with Crippen LogP contribution in [0.4, 0.5) is 5.82 Å². The standard InChI is InChI=1S/C20H26N4O3/c1-13-9-18(27-22-13)17-5-4-8-24(17)20(25)16-6-7-19(21-10-16)23-11-14(2)26-15(3)12-23/h6-7,9-10,14-15,17H,4-5,8,11-12H2,1-3H3/t14-,15+,17-/m1/s1. The molecule has 0 aromatic carbocycles. The Morgan fingerprint density at radius 3 is 2.63 bits per heavy atom. The zero-order chi connectivity index (χ0) is 19.0. The second kappa shape index (κ2) is 7.31. The van der Waals surface area contributed by atoms with Crippen LogP contribution in [-0.2, 0) is 4.74 Å². The molecular formula is C20H26N4O3. The molecule has 7 nitrogen and oxygen atoms in total. The summed E-state index contributed by atoms with van der Waals surface area (Å²) in [7, 11) is 0. The molecule has 1 amide bonds. The number of likely N-dealkylation sites (tertiary alicyclic amines) is 1. The molecule has 0 spiro atoms. The third kappa shape index (κ3) is 3.69. The highest BCUT2D eigenvalue weighted by Crippen LogP contribution is 2.33. The van der Waals surface area contributed by atoms with Crippen LogP contribution in [0.15, 0.2) is 28.9 Å². The molecule has 0 aliphatic carbocycles. The Bertz CT molecular complexity index is 794. The number of hydrogen-bond donors (Lipinski definition) is 0. The number of hydrogen-bond acceptors (Lipinski definition) is 6. The number of pyridine rings is 1. The van der Waals surface area contributed by atoms with E-state index in [0.29, 0.717) is 5.56 Å². The largest absolute Gasteiger partial charge is 0.372 e. The first-order valence-corrected chi connectivity index (χ1v) is 9.62. The number of nitrogens with zero attached hydrogens (tertiary/aromatic N) is 4. The van der Waals surface area contributed by atoms with Crippen molar-refractivity contribution in [3.05, 3.63) is 41.4 Å². The number of aryl methyl sites for hydroxylation is 1. The van der Waals surface area contributed by atoms with Gasteiger partial charge in [-0.05, 0) is 45.7 Å². The number of morpholine rings is 1. The summed E-state index contributed by atoms with van der Waals surface area (Å²) in [6, 6.07) is 5.68. The van der Waals surface area contributed by atoms with Gasteiger partial charge in [-0.2, -0.15) is 0 Å². The first-order chi connectivity index (χ1) is 13.0. The molecule has 4 heterocycles. The summed E-state index contributed by atoms with van der Waals surface area (Å²) in [5, 5.41) is 3.96. The summed E-state index contributed by atoms with van der Waals surface area (Å²) in [4.78, 5) is 21.7. The first kappa shape index (κ1) is 18.0. The van der Waals surface area contributed by atoms with E-state index in [4.69, 9.17) is 9.26 Å². The van der Waals surface area contributed by atoms with Crippen molar-refractivity contribution in [3.8, 4) is 0 Å². The molecular weight excluding hydrogens is 344 g/mol. The topological polar surface area (TPSA) is 71.7 Å². The molecule has 2 aromatic rings. The Morgan fingerprint density at radius 2 is 2.00 bits per heavy atom. The highest BCUT2D eigenvalue weighted by atomic mass is 16.5. The van der Waals surface area contributed by atoms with Gasteiger partial charge >= 0.3 is 0 Å². The van der Waals surface area contributed by atoms with Crippen molar-refractivity contribution in [3.63, 3.8) is 0 Å². The monoisotopic (exact) mass is 370 g/mol. The molecule has 0 unspecified atom stereocenters. The van der Waals surface area contributed by atoms with Crippen LogP contribution in [0.2, 0.25) is 0 Å². The van der Waals surface area contributed by atoms with Crippen molar-refractivity contribution >= 4 is 11.7 Å². The second-order valence-corrected chi connectivity index (χ2v) is 7.59. The molecule has 2 aliphatic heterocycles. The van der Waals surface area contributed by atoms with Gasteiger partial charge in [-0.3, -0.25) is 4.79 Å². The van der Waals surface area contributed by atoms with E-state index in [-0.39, 0.29) is 24.2 Å². The van der Waals surface area contributed by atoms with Gasteiger partial charge in [0, 0.05) is 31.9 Å². The maximum atomic E-state index is 13.0. The molecule has 7 heteroatoms. The molecule has 144 valence electrons. The van der Waals surface area contributed by atoms with Gasteiger partial charge in [0.15, 0.2) is 5.76 Å². The number of rotatable bonds is 3. The van der Waals surface area contributed by atoms with Crippen LogP contribution < -0.4 is 4.90 Å². The van der Waals surface area contributed by atoms with Crippen LogP contribution in [-0.4, -0.2) is 52.8 Å². The number of anilines is 1. The molecule has 27 heavy (non-hydrogen) atoms. The van der Waals surface area contributed by atoms with Crippen molar-refractivity contribution in [2.45, 2.75) is 51.9 Å². The summed E-state index contributed by atoms with van der Waals surface area (Å²) in [6.45, 7) is 8.37. The lowest BCUT2D eigenvalue weighted by Crippen LogP contribution is -2.45. The molecule has 2 fully saturated rings. The quantitative estimate of drug-likeness (QED) is 0.827. The van der Waals surface area contributed by atoms with E-state index in [1.807, 2.05) is 30.0 Å². The fraction of sp³-hybridized carbons (Fsp3) is 0.550. The van der Waals surface area contributed by atoms with E-state index in [1.165, 1.54) is 0 Å². The lowest BCUT2D eigenvalue weighted by molar-refractivity contribution is -0.00546. The summed E-state index contributed by atoms with van der Waals surface area (Å²) in [5.41, 5.74) is 1.44. The van der Waals surface area contributed by atoms with E-state index < -0.39 is 0 Å². The van der Waals surface area contributed by atoms with Crippen molar-refractivity contribution in [2.24, 2.45) is 0 Å². The maximum absolute atomic E-state index is 13.0. The minimum atomic E-state index is -0.0423. The van der Waals surface area contributed by atoms with Crippen LogP contribution in [0.3, 0.4) is 0 Å². The Kier molecular flexibility index (Phi) is 4.86. The molecule has 0 radical (unpaired) electrons. The smallest absolute Gasteiger partial charge is 0.256 e. The van der Waals surface area contributed by atoms with Crippen LogP contribution in [0.25, 0.3) is 0 Å². The van der Waals surface area contributed by atoms with E-state index in [1.54, 1.807) is 6.20 Å². The van der Waals surface area contributed by atoms with Gasteiger partial charge in [-0.1, -0.05) is 5.16 Å². The number of carbonyl (C=O) groups is 1. The molecule has 0 bridgehead atoms. The highest BCUT2D eigenvalue weighted by molar-refractivity contribution is 5.94. The minimum Gasteiger partial charge on any atom is -0.372 e. The second-order valence-electron chi connectivity index (χ2n) is 7.59. The van der Waals surface area contributed by atoms with Gasteiger partial charge in [-0.25, -0.2) is 4.98 Å². The molecule has 3 atom stereocenters. The Morgan fingerprint density at radius 1 is 1.22 bits per heavy atom. The minimum absolute atomic E-state index is 0.00526. The predicted molar refractivity (Wildman–Crippen MR) is 101 cm³/mol. The van der Waals surface area contributed by atoms with Crippen LogP contribution >= 0.6 is 0 Å². The lowest BCUT2D eigenvalue weighted by Gasteiger charge is -2.36. The Labute approximate surface area is 159 Å². The van der Waals surface area contributed by atoms with Gasteiger partial charge in [0.25, 0.3) is 5.91 Å². The molecule has 2 saturated heterocycles. The van der Waals surface area contributed by atoms with Gasteiger partial charge in [0.2, 0.25) is 0 Å². The van der Waals surface area contributed by atoms with Crippen molar-refractivity contribution < 1.29 is 14.1 Å². The molecule has 2 aliphatic rings. The Hall–Kier alpha value is -2.41. The summed E-state index contributed by atoms with van der Waals surface area (Å²) in [6.07, 6.45) is 3.89. The van der Waals surface area contributed by atoms with E-state index in [9.17, 15) is 4.79 Å². The number of carbonyl (C=O) groups excluding carboxylic acids is 1. The normalized spacial score (nSPS) is 25.8. The lowest BCUT2D eigenvalue weighted by atomic mass is 10.1. The van der Waals surface area contributed by atoms with Crippen LogP contribution in [0.5, 0.6) is 0 Å². The van der Waals surface area contributed by atoms with E-state index in [2.05, 4.69) is 28.9 Å². The fourth-order valence-corrected chi connectivity index (χ4v) is 4.08. The van der Waals surface area contributed by atoms with E-state index >= 15 is 0 Å². The first-order valence-electron chi connectivity index (χ1n) is 9.62. The summed E-state index contributed by atoms with van der Waals surface area (Å²) < 4.78 is 11.2. The van der Waals surface area contributed by atoms with Gasteiger partial charge in [0.05, 0.1) is 29.5 Å². The number of ether oxygens (including phenoxy) is 1. The van der Waals surface area contributed by atoms with Gasteiger partial charge in [0.1, 0.15) is 5.82 Å². The third-order valence-corrected chi connectivity index (χ3v) is 5.23. The van der Waals surface area contributed by atoms with Crippen LogP contribution in [0, 0.1) is 6.92 Å². The maximum Gasteiger partial charge on any atom is 0.256 e. The van der Waals surface area contributed by atoms with Gasteiger partial charge < -0.3 is 19.1 Å². The SMILES string of the molecule is Cc1cc([C@H]2CCCN2C(=O)c2ccc(N3C[C@@H](C)O[C@@H](C)C3)nc2)on1. The fourth-order valence-electron chi connectivity index (χ4n) is 4.08. The highest BCUT2D eigenvalue weighted by Gasteiger charge is 2.33. The van der Waals surface area contributed by atoms with Gasteiger partial charge in [-0.15, -0.1) is 0 Å². The number of aromatic nitrogens is 2. The van der Waals surface area contributed by atoms with E-state index in [0.717, 1.165) is 49.7 Å². The molecule has 4 rings (SSSR count). The molecule has 2 aromatic heterocycles. The molecule has 0 saturated carbocycles.